The number of benzene rings is 1. The maximum absolute atomic E-state index is 4.36. The molecule has 2 heteroatoms. The van der Waals surface area contributed by atoms with Crippen LogP contribution in [0.5, 0.6) is 0 Å². The van der Waals surface area contributed by atoms with E-state index in [1.807, 2.05) is 18.3 Å². The van der Waals surface area contributed by atoms with Crippen molar-refractivity contribution >= 4 is 22.2 Å². The van der Waals surface area contributed by atoms with E-state index in [9.17, 15) is 0 Å². The first-order chi connectivity index (χ1) is 7.45. The third-order valence-corrected chi connectivity index (χ3v) is 3.16. The number of aromatic nitrogens is 1. The molecule has 0 atom stereocenters. The summed E-state index contributed by atoms with van der Waals surface area (Å²) in [4.78, 5) is 4.36. The minimum Gasteiger partial charge on any atom is -0.256 e. The van der Waals surface area contributed by atoms with Crippen LogP contribution in [0.25, 0.3) is 22.0 Å². The van der Waals surface area contributed by atoms with Gasteiger partial charge in [-0.3, -0.25) is 4.98 Å². The smallest absolute Gasteiger partial charge is 0.0708 e. The Hall–Kier alpha value is -1.67. The Labute approximate surface area is 92.0 Å². The molecule has 0 amide bonds. The second-order valence-corrected chi connectivity index (χ2v) is 4.17. The first-order valence-electron chi connectivity index (χ1n) is 4.81. The molecule has 0 N–H and O–H groups in total. The van der Waals surface area contributed by atoms with Gasteiger partial charge in [-0.1, -0.05) is 18.2 Å². The Morgan fingerprint density at radius 1 is 1.00 bits per heavy atom. The molecule has 3 aromatic rings. The zero-order chi connectivity index (χ0) is 10.1. The lowest BCUT2D eigenvalue weighted by Gasteiger charge is -2.03. The van der Waals surface area contributed by atoms with Gasteiger partial charge in [0.2, 0.25) is 0 Å². The van der Waals surface area contributed by atoms with E-state index in [0.717, 1.165) is 5.52 Å². The summed E-state index contributed by atoms with van der Waals surface area (Å²) in [6, 6.07) is 12.5. The molecule has 0 saturated carbocycles. The van der Waals surface area contributed by atoms with Gasteiger partial charge in [0.25, 0.3) is 0 Å². The molecule has 0 aliphatic rings. The summed E-state index contributed by atoms with van der Waals surface area (Å²) in [7, 11) is 0. The fraction of sp³-hybridized carbons (Fsp3) is 0. The molecule has 15 heavy (non-hydrogen) atoms. The van der Waals surface area contributed by atoms with Gasteiger partial charge in [-0.25, -0.2) is 0 Å². The number of hydrogen-bond acceptors (Lipinski definition) is 2. The van der Waals surface area contributed by atoms with Gasteiger partial charge in [0.05, 0.1) is 5.52 Å². The van der Waals surface area contributed by atoms with Gasteiger partial charge >= 0.3 is 0 Å². The first-order valence-corrected chi connectivity index (χ1v) is 5.76. The molecule has 1 aromatic carbocycles. The summed E-state index contributed by atoms with van der Waals surface area (Å²) in [6.07, 6.45) is 1.83. The number of fused-ring (bicyclic) bond motifs is 1. The number of nitrogens with zero attached hydrogens (tertiary/aromatic N) is 1. The maximum atomic E-state index is 4.36. The van der Waals surface area contributed by atoms with Crippen molar-refractivity contribution < 1.29 is 0 Å². The van der Waals surface area contributed by atoms with Gasteiger partial charge < -0.3 is 0 Å². The molecule has 2 heterocycles. The summed E-state index contributed by atoms with van der Waals surface area (Å²) < 4.78 is 0. The van der Waals surface area contributed by atoms with E-state index in [0.29, 0.717) is 0 Å². The zero-order valence-corrected chi connectivity index (χ0v) is 8.87. The molecule has 72 valence electrons. The molecule has 2 aromatic heterocycles. The Balaban J connectivity index is 2.36. The molecule has 0 radical (unpaired) electrons. The van der Waals surface area contributed by atoms with Gasteiger partial charge in [0.15, 0.2) is 0 Å². The first kappa shape index (κ1) is 8.62. The Morgan fingerprint density at radius 2 is 2.00 bits per heavy atom. The highest BCUT2D eigenvalue weighted by molar-refractivity contribution is 7.08. The van der Waals surface area contributed by atoms with E-state index in [1.54, 1.807) is 11.3 Å². The SMILES string of the molecule is c1cc(-c2ccsc2)c2cccnc2c1. The molecular weight excluding hydrogens is 202 g/mol. The van der Waals surface area contributed by atoms with Crippen LogP contribution in [0.4, 0.5) is 0 Å². The van der Waals surface area contributed by atoms with Crippen molar-refractivity contribution in [3.8, 4) is 11.1 Å². The highest BCUT2D eigenvalue weighted by atomic mass is 32.1. The van der Waals surface area contributed by atoms with E-state index in [4.69, 9.17) is 0 Å². The van der Waals surface area contributed by atoms with Crippen LogP contribution in [0.2, 0.25) is 0 Å². The van der Waals surface area contributed by atoms with Gasteiger partial charge in [0, 0.05) is 11.6 Å². The highest BCUT2D eigenvalue weighted by Gasteiger charge is 2.03. The van der Waals surface area contributed by atoms with Crippen LogP contribution in [-0.4, -0.2) is 4.98 Å². The maximum Gasteiger partial charge on any atom is 0.0708 e. The molecule has 0 aliphatic heterocycles. The van der Waals surface area contributed by atoms with Crippen molar-refractivity contribution in [2.45, 2.75) is 0 Å². The molecule has 0 unspecified atom stereocenters. The van der Waals surface area contributed by atoms with Crippen molar-refractivity contribution in [1.29, 1.82) is 0 Å². The zero-order valence-electron chi connectivity index (χ0n) is 8.05. The average molecular weight is 211 g/mol. The second-order valence-electron chi connectivity index (χ2n) is 3.39. The summed E-state index contributed by atoms with van der Waals surface area (Å²) >= 11 is 1.72. The summed E-state index contributed by atoms with van der Waals surface area (Å²) in [5, 5.41) is 5.49. The fourth-order valence-electron chi connectivity index (χ4n) is 1.77. The lowest BCUT2D eigenvalue weighted by Crippen LogP contribution is -1.80. The molecule has 0 aliphatic carbocycles. The molecule has 0 fully saturated rings. The number of pyridine rings is 1. The Bertz CT molecular complexity index is 579. The van der Waals surface area contributed by atoms with Crippen LogP contribution in [0.15, 0.2) is 53.4 Å². The van der Waals surface area contributed by atoms with Crippen molar-refractivity contribution in [3.05, 3.63) is 53.4 Å². The van der Waals surface area contributed by atoms with Crippen LogP contribution in [0, 0.1) is 0 Å². The number of thiophene rings is 1. The monoisotopic (exact) mass is 211 g/mol. The van der Waals surface area contributed by atoms with E-state index in [-0.39, 0.29) is 0 Å². The topological polar surface area (TPSA) is 12.9 Å². The Morgan fingerprint density at radius 3 is 2.87 bits per heavy atom. The van der Waals surface area contributed by atoms with Crippen LogP contribution in [0.3, 0.4) is 0 Å². The van der Waals surface area contributed by atoms with Crippen LogP contribution in [-0.2, 0) is 0 Å². The molecule has 0 spiro atoms. The molecular formula is C13H9NS. The van der Waals surface area contributed by atoms with Crippen LogP contribution < -0.4 is 0 Å². The van der Waals surface area contributed by atoms with Gasteiger partial charge in [0.1, 0.15) is 0 Å². The van der Waals surface area contributed by atoms with Gasteiger partial charge in [-0.2, -0.15) is 11.3 Å². The van der Waals surface area contributed by atoms with Gasteiger partial charge in [-0.05, 0) is 40.1 Å². The van der Waals surface area contributed by atoms with E-state index < -0.39 is 0 Å². The standard InChI is InChI=1S/C13H9NS/c1-3-11(10-6-8-15-9-10)12-4-2-7-14-13(12)5-1/h1-9H. The molecule has 3 rings (SSSR count). The Kier molecular flexibility index (Phi) is 2.00. The molecule has 0 bridgehead atoms. The summed E-state index contributed by atoms with van der Waals surface area (Å²) in [5.41, 5.74) is 3.60. The largest absolute Gasteiger partial charge is 0.256 e. The molecule has 0 saturated heterocycles. The molecule has 1 nitrogen and oxygen atoms in total. The average Bonchev–Trinajstić information content (AvgIpc) is 2.82. The summed E-state index contributed by atoms with van der Waals surface area (Å²) in [5.74, 6) is 0. The van der Waals surface area contributed by atoms with Crippen molar-refractivity contribution in [3.63, 3.8) is 0 Å². The van der Waals surface area contributed by atoms with E-state index in [2.05, 4.69) is 40.0 Å². The normalized spacial score (nSPS) is 10.7. The van der Waals surface area contributed by atoms with Gasteiger partial charge in [-0.15, -0.1) is 0 Å². The van der Waals surface area contributed by atoms with Crippen LogP contribution in [0.1, 0.15) is 0 Å². The minimum atomic E-state index is 1.06. The fourth-order valence-corrected chi connectivity index (χ4v) is 2.43. The second kappa shape index (κ2) is 3.48. The predicted molar refractivity (Wildman–Crippen MR) is 65.1 cm³/mol. The lowest BCUT2D eigenvalue weighted by molar-refractivity contribution is 1.41. The number of rotatable bonds is 1. The summed E-state index contributed by atoms with van der Waals surface area (Å²) in [6.45, 7) is 0. The van der Waals surface area contributed by atoms with Crippen molar-refractivity contribution in [2.75, 3.05) is 0 Å². The van der Waals surface area contributed by atoms with E-state index >= 15 is 0 Å². The highest BCUT2D eigenvalue weighted by Crippen LogP contribution is 2.28. The quantitative estimate of drug-likeness (QED) is 0.593. The van der Waals surface area contributed by atoms with Crippen molar-refractivity contribution in [2.24, 2.45) is 0 Å². The lowest BCUT2D eigenvalue weighted by atomic mass is 10.0. The predicted octanol–water partition coefficient (Wildman–Crippen LogP) is 3.96. The third kappa shape index (κ3) is 1.43. The third-order valence-electron chi connectivity index (χ3n) is 2.48. The minimum absolute atomic E-state index is 1.06. The van der Waals surface area contributed by atoms with E-state index in [1.165, 1.54) is 16.5 Å². The van der Waals surface area contributed by atoms with Crippen LogP contribution >= 0.6 is 11.3 Å². The number of hydrogen-bond donors (Lipinski definition) is 0. The van der Waals surface area contributed by atoms with Crippen molar-refractivity contribution in [1.82, 2.24) is 4.98 Å².